The van der Waals surface area contributed by atoms with Gasteiger partial charge < -0.3 is 11.5 Å². The van der Waals surface area contributed by atoms with E-state index in [2.05, 4.69) is 0 Å². The van der Waals surface area contributed by atoms with Crippen molar-refractivity contribution in [1.29, 1.82) is 0 Å². The number of rotatable bonds is 15. The van der Waals surface area contributed by atoms with Crippen LogP contribution in [0.5, 0.6) is 0 Å². The zero-order valence-corrected chi connectivity index (χ0v) is 25.3. The van der Waals surface area contributed by atoms with Gasteiger partial charge in [-0.15, -0.1) is 0 Å². The molecule has 42 heavy (non-hydrogen) atoms. The Hall–Kier alpha value is -2.52. The van der Waals surface area contributed by atoms with Crippen molar-refractivity contribution < 1.29 is 35.1 Å². The predicted molar refractivity (Wildman–Crippen MR) is 154 cm³/mol. The highest BCUT2D eigenvalue weighted by Gasteiger charge is 2.81. The SMILES string of the molecule is CCCCc1cc(C(F)(F)C(F)(F)C(F)(F)C(F)(F)c2cc(CCCC)c(N)c(C(C)CC)c2)cc(C(C)CC)c1N. The number of anilines is 2. The van der Waals surface area contributed by atoms with E-state index in [1.54, 1.807) is 27.7 Å². The summed E-state index contributed by atoms with van der Waals surface area (Å²) in [5.41, 5.74) is 9.93. The average Bonchev–Trinajstić information content (AvgIpc) is 2.94. The minimum Gasteiger partial charge on any atom is -0.398 e. The number of benzene rings is 2. The Morgan fingerprint density at radius 2 is 0.881 bits per heavy atom. The number of hydrogen-bond donors (Lipinski definition) is 2. The van der Waals surface area contributed by atoms with Crippen LogP contribution >= 0.6 is 0 Å². The third-order valence-electron chi connectivity index (χ3n) is 8.39. The third kappa shape index (κ3) is 6.37. The highest BCUT2D eigenvalue weighted by atomic mass is 19.4. The lowest BCUT2D eigenvalue weighted by molar-refractivity contribution is -0.374. The second kappa shape index (κ2) is 13.4. The van der Waals surface area contributed by atoms with Gasteiger partial charge in [-0.2, -0.15) is 35.1 Å². The van der Waals surface area contributed by atoms with Gasteiger partial charge in [0.2, 0.25) is 0 Å². The predicted octanol–water partition coefficient (Wildman–Crippen LogP) is 10.7. The molecule has 0 fully saturated rings. The van der Waals surface area contributed by atoms with Crippen molar-refractivity contribution in [3.8, 4) is 0 Å². The molecule has 2 rings (SSSR count). The second-order valence-electron chi connectivity index (χ2n) is 11.4. The van der Waals surface area contributed by atoms with Crippen LogP contribution in [0.15, 0.2) is 24.3 Å². The minimum absolute atomic E-state index is 0.0870. The topological polar surface area (TPSA) is 52.0 Å². The fraction of sp³-hybridized carbons (Fsp3) is 0.625. The van der Waals surface area contributed by atoms with Crippen molar-refractivity contribution in [1.82, 2.24) is 0 Å². The number of halogens is 8. The van der Waals surface area contributed by atoms with Gasteiger partial charge in [-0.05, 0) is 96.9 Å². The summed E-state index contributed by atoms with van der Waals surface area (Å²) < 4.78 is 124. The van der Waals surface area contributed by atoms with Crippen molar-refractivity contribution in [3.63, 3.8) is 0 Å². The lowest BCUT2D eigenvalue weighted by Crippen LogP contribution is -2.59. The molecule has 2 nitrogen and oxygen atoms in total. The van der Waals surface area contributed by atoms with Gasteiger partial charge in [-0.1, -0.05) is 54.4 Å². The van der Waals surface area contributed by atoms with Gasteiger partial charge in [0, 0.05) is 22.5 Å². The molecule has 0 amide bonds. The molecule has 0 bridgehead atoms. The Bertz CT molecular complexity index is 1120. The van der Waals surface area contributed by atoms with Crippen molar-refractivity contribution >= 4 is 11.4 Å². The van der Waals surface area contributed by atoms with Crippen molar-refractivity contribution in [2.45, 2.75) is 128 Å². The van der Waals surface area contributed by atoms with E-state index >= 15 is 35.1 Å². The first kappa shape index (κ1) is 35.7. The van der Waals surface area contributed by atoms with E-state index in [1.165, 1.54) is 0 Å². The molecule has 0 aliphatic carbocycles. The number of alkyl halides is 8. The first-order chi connectivity index (χ1) is 19.4. The number of nitrogen functional groups attached to an aromatic ring is 2. The van der Waals surface area contributed by atoms with E-state index in [1.807, 2.05) is 13.8 Å². The van der Waals surface area contributed by atoms with Crippen LogP contribution in [-0.4, -0.2) is 11.8 Å². The molecule has 2 aromatic carbocycles. The van der Waals surface area contributed by atoms with E-state index in [-0.39, 0.29) is 46.5 Å². The lowest BCUT2D eigenvalue weighted by Gasteiger charge is -2.38. The Morgan fingerprint density at radius 1 is 0.571 bits per heavy atom. The molecule has 2 unspecified atom stereocenters. The molecule has 4 N–H and O–H groups in total. The molecule has 0 spiro atoms. The molecule has 0 aliphatic rings. The van der Waals surface area contributed by atoms with Crippen LogP contribution in [0.4, 0.5) is 46.5 Å². The number of hydrogen-bond acceptors (Lipinski definition) is 2. The van der Waals surface area contributed by atoms with Gasteiger partial charge in [0.05, 0.1) is 0 Å². The first-order valence-corrected chi connectivity index (χ1v) is 14.7. The average molecular weight is 609 g/mol. The minimum atomic E-state index is -6.48. The standard InChI is InChI=1S/C32H44F8N2/c1-7-11-13-21-15-23(17-25(27(21)41)19(5)9-3)29(33,34)31(37,38)32(39,40)30(35,36)24-16-22(14-12-8-2)28(42)26(18-24)20(6)10-4/h15-20H,7-14,41-42H2,1-6H3. The summed E-state index contributed by atoms with van der Waals surface area (Å²) >= 11 is 0. The van der Waals surface area contributed by atoms with E-state index in [4.69, 9.17) is 11.5 Å². The van der Waals surface area contributed by atoms with E-state index < -0.39 is 46.7 Å². The molecule has 238 valence electrons. The first-order valence-electron chi connectivity index (χ1n) is 14.7. The monoisotopic (exact) mass is 608 g/mol. The molecule has 0 radical (unpaired) electrons. The van der Waals surface area contributed by atoms with Crippen molar-refractivity contribution in [2.24, 2.45) is 0 Å². The number of aryl methyl sites for hydroxylation is 2. The van der Waals surface area contributed by atoms with Crippen LogP contribution in [-0.2, 0) is 24.7 Å². The summed E-state index contributed by atoms with van der Waals surface area (Å²) in [6.07, 6.45) is 3.26. The van der Waals surface area contributed by atoms with Crippen LogP contribution in [0.2, 0.25) is 0 Å². The van der Waals surface area contributed by atoms with Crippen LogP contribution in [0, 0.1) is 0 Å². The molecular formula is C32H44F8N2. The van der Waals surface area contributed by atoms with Gasteiger partial charge in [-0.25, -0.2) is 0 Å². The highest BCUT2D eigenvalue weighted by molar-refractivity contribution is 5.59. The summed E-state index contributed by atoms with van der Waals surface area (Å²) in [5.74, 6) is -25.2. The maximum absolute atomic E-state index is 15.6. The van der Waals surface area contributed by atoms with Crippen LogP contribution in [0.1, 0.15) is 125 Å². The maximum Gasteiger partial charge on any atom is 0.382 e. The largest absolute Gasteiger partial charge is 0.398 e. The lowest BCUT2D eigenvalue weighted by atomic mass is 9.84. The van der Waals surface area contributed by atoms with E-state index in [9.17, 15) is 0 Å². The van der Waals surface area contributed by atoms with Gasteiger partial charge in [0.25, 0.3) is 0 Å². The van der Waals surface area contributed by atoms with Crippen molar-refractivity contribution in [2.75, 3.05) is 11.5 Å². The number of nitrogens with two attached hydrogens (primary N) is 2. The van der Waals surface area contributed by atoms with Crippen LogP contribution in [0.25, 0.3) is 0 Å². The van der Waals surface area contributed by atoms with Crippen LogP contribution in [0.3, 0.4) is 0 Å². The molecule has 0 aromatic heterocycles. The Balaban J connectivity index is 2.76. The summed E-state index contributed by atoms with van der Waals surface area (Å²) in [5, 5.41) is 0. The Morgan fingerprint density at radius 3 is 1.14 bits per heavy atom. The Labute approximate surface area is 244 Å². The number of unbranched alkanes of at least 4 members (excludes halogenated alkanes) is 2. The van der Waals surface area contributed by atoms with E-state index in [0.29, 0.717) is 62.8 Å². The molecule has 0 saturated heterocycles. The molecule has 2 aromatic rings. The fourth-order valence-electron chi connectivity index (χ4n) is 5.00. The summed E-state index contributed by atoms with van der Waals surface area (Å²) in [6.45, 7) is 10.3. The van der Waals surface area contributed by atoms with Crippen molar-refractivity contribution in [3.05, 3.63) is 57.6 Å². The maximum atomic E-state index is 15.6. The summed E-state index contributed by atoms with van der Waals surface area (Å²) in [4.78, 5) is 0. The fourth-order valence-corrected chi connectivity index (χ4v) is 5.00. The summed E-state index contributed by atoms with van der Waals surface area (Å²) in [6, 6.07) is 2.58. The third-order valence-corrected chi connectivity index (χ3v) is 8.39. The normalized spacial score (nSPS) is 14.7. The highest BCUT2D eigenvalue weighted by Crippen LogP contribution is 2.60. The van der Waals surface area contributed by atoms with Crippen LogP contribution < -0.4 is 11.5 Å². The second-order valence-corrected chi connectivity index (χ2v) is 11.4. The molecule has 2 atom stereocenters. The van der Waals surface area contributed by atoms with Gasteiger partial charge in [0.15, 0.2) is 0 Å². The smallest absolute Gasteiger partial charge is 0.382 e. The van der Waals surface area contributed by atoms with Gasteiger partial charge in [0.1, 0.15) is 0 Å². The molecule has 0 heterocycles. The zero-order valence-electron chi connectivity index (χ0n) is 25.3. The summed E-state index contributed by atoms with van der Waals surface area (Å²) in [7, 11) is 0. The van der Waals surface area contributed by atoms with E-state index in [0.717, 1.165) is 0 Å². The van der Waals surface area contributed by atoms with Gasteiger partial charge in [-0.3, -0.25) is 0 Å². The quantitative estimate of drug-likeness (QED) is 0.156. The molecule has 0 aliphatic heterocycles. The molecule has 0 saturated carbocycles. The molecule has 10 heteroatoms. The zero-order chi connectivity index (χ0) is 32.3. The van der Waals surface area contributed by atoms with Gasteiger partial charge >= 0.3 is 23.7 Å². The molecular weight excluding hydrogens is 564 g/mol. The Kier molecular flexibility index (Phi) is 11.4.